The van der Waals surface area contributed by atoms with E-state index in [9.17, 15) is 14.4 Å². The van der Waals surface area contributed by atoms with Crippen LogP contribution in [0.2, 0.25) is 0 Å². The fraction of sp³-hybridized carbons (Fsp3) is 0.423. The van der Waals surface area contributed by atoms with Crippen LogP contribution in [-0.4, -0.2) is 54.2 Å². The Morgan fingerprint density at radius 3 is 2.18 bits per heavy atom. The molecule has 176 valence electrons. The second-order valence-corrected chi connectivity index (χ2v) is 8.25. The Morgan fingerprint density at radius 2 is 1.64 bits per heavy atom. The van der Waals surface area contributed by atoms with Gasteiger partial charge in [0.15, 0.2) is 0 Å². The van der Waals surface area contributed by atoms with E-state index in [1.165, 1.54) is 4.90 Å². The lowest BCUT2D eigenvalue weighted by atomic mass is 9.98. The molecule has 2 aromatic carbocycles. The van der Waals surface area contributed by atoms with Gasteiger partial charge in [0.1, 0.15) is 6.61 Å². The number of ether oxygens (including phenoxy) is 1. The largest absolute Gasteiger partial charge is 0.481 e. The van der Waals surface area contributed by atoms with E-state index in [0.29, 0.717) is 13.0 Å². The number of rotatable bonds is 11. The molecule has 0 saturated heterocycles. The maximum atomic E-state index is 12.9. The number of carbonyl (C=O) groups excluding carboxylic acids is 2. The summed E-state index contributed by atoms with van der Waals surface area (Å²) >= 11 is 0. The maximum absolute atomic E-state index is 12.9. The Kier molecular flexibility index (Phi) is 8.46. The van der Waals surface area contributed by atoms with Crippen molar-refractivity contribution in [2.45, 2.75) is 39.0 Å². The van der Waals surface area contributed by atoms with Gasteiger partial charge < -0.3 is 20.1 Å². The molecule has 1 aliphatic rings. The molecule has 0 spiro atoms. The van der Waals surface area contributed by atoms with Crippen LogP contribution in [-0.2, 0) is 14.3 Å². The van der Waals surface area contributed by atoms with Crippen molar-refractivity contribution in [3.8, 4) is 11.1 Å². The molecule has 0 fully saturated rings. The highest BCUT2D eigenvalue weighted by Gasteiger charge is 2.29. The van der Waals surface area contributed by atoms with E-state index in [1.54, 1.807) is 0 Å². The van der Waals surface area contributed by atoms with E-state index in [4.69, 9.17) is 9.84 Å². The summed E-state index contributed by atoms with van der Waals surface area (Å²) < 4.78 is 5.56. The molecule has 0 radical (unpaired) electrons. The molecule has 1 unspecified atom stereocenters. The fourth-order valence-electron chi connectivity index (χ4n) is 4.43. The number of nitrogens with zero attached hydrogens (tertiary/aromatic N) is 1. The fourth-order valence-corrected chi connectivity index (χ4v) is 4.43. The molecule has 2 aromatic rings. The summed E-state index contributed by atoms with van der Waals surface area (Å²) in [7, 11) is 0. The number of hydrogen-bond donors (Lipinski definition) is 2. The topological polar surface area (TPSA) is 95.9 Å². The summed E-state index contributed by atoms with van der Waals surface area (Å²) in [6.45, 7) is 4.76. The molecule has 1 aliphatic carbocycles. The number of carboxylic acids is 1. The molecule has 3 rings (SSSR count). The number of carboxylic acid groups (broad SMARTS) is 1. The van der Waals surface area contributed by atoms with Gasteiger partial charge in [0.05, 0.1) is 12.3 Å². The number of hydrogen-bond acceptors (Lipinski definition) is 4. The highest BCUT2D eigenvalue weighted by atomic mass is 16.5. The monoisotopic (exact) mass is 452 g/mol. The lowest BCUT2D eigenvalue weighted by Gasteiger charge is -2.26. The molecule has 1 atom stereocenters. The van der Waals surface area contributed by atoms with E-state index in [0.717, 1.165) is 28.7 Å². The summed E-state index contributed by atoms with van der Waals surface area (Å²) in [4.78, 5) is 37.8. The lowest BCUT2D eigenvalue weighted by Crippen LogP contribution is -2.42. The highest BCUT2D eigenvalue weighted by molar-refractivity contribution is 5.81. The normalized spacial score (nSPS) is 13.0. The van der Waals surface area contributed by atoms with Gasteiger partial charge in [-0.1, -0.05) is 61.9 Å². The average molecular weight is 453 g/mol. The van der Waals surface area contributed by atoms with Crippen molar-refractivity contribution in [1.82, 2.24) is 10.2 Å². The molecular formula is C26H32N2O5. The summed E-state index contributed by atoms with van der Waals surface area (Å²) in [6.07, 6.45) is 0.725. The number of aliphatic carboxylic acids is 1. The summed E-state index contributed by atoms with van der Waals surface area (Å²) in [6, 6.07) is 16.3. The molecule has 2 N–H and O–H groups in total. The van der Waals surface area contributed by atoms with Crippen molar-refractivity contribution in [2.24, 2.45) is 5.92 Å². The first-order chi connectivity index (χ1) is 16.0. The van der Waals surface area contributed by atoms with Crippen LogP contribution in [0.25, 0.3) is 11.1 Å². The predicted octanol–water partition coefficient (Wildman–Crippen LogP) is 4.26. The van der Waals surface area contributed by atoms with Crippen molar-refractivity contribution < 1.29 is 24.2 Å². The Hall–Kier alpha value is -3.35. The van der Waals surface area contributed by atoms with Gasteiger partial charge in [-0.05, 0) is 35.6 Å². The number of carbonyl (C=O) groups is 3. The van der Waals surface area contributed by atoms with Crippen LogP contribution in [0.3, 0.4) is 0 Å². The van der Waals surface area contributed by atoms with Crippen LogP contribution in [0.1, 0.15) is 50.2 Å². The third-order valence-corrected chi connectivity index (χ3v) is 6.11. The minimum atomic E-state index is -0.940. The second-order valence-electron chi connectivity index (χ2n) is 8.25. The minimum absolute atomic E-state index is 0.0252. The van der Waals surface area contributed by atoms with Gasteiger partial charge in [0.2, 0.25) is 5.91 Å². The molecule has 7 nitrogen and oxygen atoms in total. The Morgan fingerprint density at radius 1 is 1.03 bits per heavy atom. The van der Waals surface area contributed by atoms with E-state index < -0.39 is 18.0 Å². The summed E-state index contributed by atoms with van der Waals surface area (Å²) in [5.41, 5.74) is 4.61. The SMILES string of the molecule is CCCC(CNC(=O)OCC1c2ccccc2-c2ccccc21)C(=O)N(CC)CCC(=O)O. The molecule has 0 saturated carbocycles. The van der Waals surface area contributed by atoms with Crippen LogP contribution >= 0.6 is 0 Å². The molecule has 0 aliphatic heterocycles. The number of benzene rings is 2. The van der Waals surface area contributed by atoms with Crippen molar-refractivity contribution >= 4 is 18.0 Å². The van der Waals surface area contributed by atoms with Crippen LogP contribution in [0, 0.1) is 5.92 Å². The first kappa shape index (κ1) is 24.3. The minimum Gasteiger partial charge on any atom is -0.481 e. The van der Waals surface area contributed by atoms with Crippen molar-refractivity contribution in [3.63, 3.8) is 0 Å². The molecule has 0 bridgehead atoms. The molecule has 33 heavy (non-hydrogen) atoms. The van der Waals surface area contributed by atoms with Crippen molar-refractivity contribution in [1.29, 1.82) is 0 Å². The average Bonchev–Trinajstić information content (AvgIpc) is 3.14. The van der Waals surface area contributed by atoms with E-state index in [2.05, 4.69) is 29.6 Å². The first-order valence-corrected chi connectivity index (χ1v) is 11.6. The van der Waals surface area contributed by atoms with Crippen LogP contribution < -0.4 is 5.32 Å². The van der Waals surface area contributed by atoms with Crippen LogP contribution in [0.4, 0.5) is 4.79 Å². The van der Waals surface area contributed by atoms with Gasteiger partial charge in [-0.15, -0.1) is 0 Å². The predicted molar refractivity (Wildman–Crippen MR) is 126 cm³/mol. The van der Waals surface area contributed by atoms with Crippen molar-refractivity contribution in [3.05, 3.63) is 59.7 Å². The van der Waals surface area contributed by atoms with Gasteiger partial charge in [-0.2, -0.15) is 0 Å². The first-order valence-electron chi connectivity index (χ1n) is 11.6. The standard InChI is InChI=1S/C26H32N2O5/c1-3-9-18(25(31)28(4-2)15-14-24(29)30)16-27-26(32)33-17-23-21-12-7-5-10-19(21)20-11-6-8-13-22(20)23/h5-8,10-13,18,23H,3-4,9,14-17H2,1-2H3,(H,27,32)(H,29,30). The van der Waals surface area contributed by atoms with Crippen LogP contribution in [0.15, 0.2) is 48.5 Å². The van der Waals surface area contributed by atoms with Gasteiger partial charge in [0.25, 0.3) is 0 Å². The molecule has 7 heteroatoms. The molecule has 2 amide bonds. The number of nitrogens with one attached hydrogen (secondary N) is 1. The van der Waals surface area contributed by atoms with E-state index in [1.807, 2.05) is 38.1 Å². The number of amides is 2. The smallest absolute Gasteiger partial charge is 0.407 e. The molecule has 0 aromatic heterocycles. The summed E-state index contributed by atoms with van der Waals surface area (Å²) in [5.74, 6) is -1.52. The van der Waals surface area contributed by atoms with Gasteiger partial charge in [0, 0.05) is 25.6 Å². The summed E-state index contributed by atoms with van der Waals surface area (Å²) in [5, 5.41) is 11.7. The van der Waals surface area contributed by atoms with E-state index >= 15 is 0 Å². The molecule has 0 heterocycles. The number of alkyl carbamates (subject to hydrolysis) is 1. The van der Waals surface area contributed by atoms with Crippen LogP contribution in [0.5, 0.6) is 0 Å². The third-order valence-electron chi connectivity index (χ3n) is 6.11. The van der Waals surface area contributed by atoms with E-state index in [-0.39, 0.29) is 37.9 Å². The number of fused-ring (bicyclic) bond motifs is 3. The Labute approximate surface area is 194 Å². The second kappa shape index (κ2) is 11.5. The zero-order chi connectivity index (χ0) is 23.8. The Bertz CT molecular complexity index is 945. The highest BCUT2D eigenvalue weighted by Crippen LogP contribution is 2.44. The molecular weight excluding hydrogens is 420 g/mol. The lowest BCUT2D eigenvalue weighted by molar-refractivity contribution is -0.139. The zero-order valence-corrected chi connectivity index (χ0v) is 19.3. The third kappa shape index (κ3) is 5.92. The van der Waals surface area contributed by atoms with Gasteiger partial charge >= 0.3 is 12.1 Å². The Balaban J connectivity index is 1.58. The maximum Gasteiger partial charge on any atom is 0.407 e. The van der Waals surface area contributed by atoms with Crippen molar-refractivity contribution in [2.75, 3.05) is 26.2 Å². The van der Waals surface area contributed by atoms with Gasteiger partial charge in [-0.25, -0.2) is 4.79 Å². The zero-order valence-electron chi connectivity index (χ0n) is 19.3. The van der Waals surface area contributed by atoms with Gasteiger partial charge in [-0.3, -0.25) is 9.59 Å². The quantitative estimate of drug-likeness (QED) is 0.531.